The van der Waals surface area contributed by atoms with Gasteiger partial charge < -0.3 is 9.47 Å². The van der Waals surface area contributed by atoms with E-state index in [2.05, 4.69) is 26.9 Å². The van der Waals surface area contributed by atoms with Gasteiger partial charge in [0.05, 0.1) is 17.3 Å². The average molecular weight is 314 g/mol. The molecule has 3 rings (SSSR count). The quantitative estimate of drug-likeness (QED) is 0.826. The summed E-state index contributed by atoms with van der Waals surface area (Å²) in [5, 5.41) is 0. The maximum absolute atomic E-state index is 12.8. The summed E-state index contributed by atoms with van der Waals surface area (Å²) in [4.78, 5) is 29.9. The first-order valence-electron chi connectivity index (χ1n) is 7.74. The second kappa shape index (κ2) is 6.08. The van der Waals surface area contributed by atoms with Crippen LogP contribution in [-0.4, -0.2) is 61.9 Å². The van der Waals surface area contributed by atoms with Crippen molar-refractivity contribution in [2.45, 2.75) is 19.9 Å². The van der Waals surface area contributed by atoms with Gasteiger partial charge >= 0.3 is 0 Å². The Morgan fingerprint density at radius 1 is 1.22 bits per heavy atom. The number of carbonyl (C=O) groups excluding carboxylic acids is 1. The molecule has 1 aliphatic heterocycles. The van der Waals surface area contributed by atoms with Crippen LogP contribution >= 0.6 is 0 Å². The molecule has 0 bridgehead atoms. The number of carbonyl (C=O) groups is 1. The summed E-state index contributed by atoms with van der Waals surface area (Å²) in [6, 6.07) is 0.0966. The highest BCUT2D eigenvalue weighted by Gasteiger charge is 2.31. The minimum absolute atomic E-state index is 0.00481. The Morgan fingerprint density at radius 2 is 2.00 bits per heavy atom. The van der Waals surface area contributed by atoms with Crippen molar-refractivity contribution in [1.29, 1.82) is 0 Å². The smallest absolute Gasteiger partial charge is 0.257 e. The lowest BCUT2D eigenvalue weighted by Crippen LogP contribution is -2.49. The normalized spacial score (nSPS) is 19.1. The minimum atomic E-state index is -0.00481. The third-order valence-electron chi connectivity index (χ3n) is 4.42. The van der Waals surface area contributed by atoms with Gasteiger partial charge in [0.1, 0.15) is 11.6 Å². The molecule has 1 aliphatic rings. The molecular formula is C16H22N6O. The van der Waals surface area contributed by atoms with E-state index in [1.165, 1.54) is 0 Å². The van der Waals surface area contributed by atoms with Crippen molar-refractivity contribution >= 4 is 5.91 Å². The van der Waals surface area contributed by atoms with Gasteiger partial charge in [-0.3, -0.25) is 9.69 Å². The molecule has 0 saturated carbocycles. The standard InChI is InChI=1S/C16H22N6O/c1-11-13(9-18-12(2)19-11)16(23)22-8-7-20(3)14(10-22)15-17-5-6-21(15)4/h5-6,9,14H,7-8,10H2,1-4H3/t14-/m0/s1. The fraction of sp³-hybridized carbons (Fsp3) is 0.500. The fourth-order valence-corrected chi connectivity index (χ4v) is 3.00. The van der Waals surface area contributed by atoms with Crippen molar-refractivity contribution in [3.8, 4) is 0 Å². The number of nitrogens with zero attached hydrogens (tertiary/aromatic N) is 6. The van der Waals surface area contributed by atoms with Gasteiger partial charge in [0.25, 0.3) is 5.91 Å². The van der Waals surface area contributed by atoms with Crippen molar-refractivity contribution in [3.05, 3.63) is 41.5 Å². The topological polar surface area (TPSA) is 67.2 Å². The lowest BCUT2D eigenvalue weighted by molar-refractivity contribution is 0.0527. The molecule has 122 valence electrons. The summed E-state index contributed by atoms with van der Waals surface area (Å²) < 4.78 is 2.01. The van der Waals surface area contributed by atoms with Crippen LogP contribution < -0.4 is 0 Å². The second-order valence-corrected chi connectivity index (χ2v) is 6.06. The molecular weight excluding hydrogens is 292 g/mol. The predicted molar refractivity (Wildman–Crippen MR) is 86.0 cm³/mol. The van der Waals surface area contributed by atoms with Crippen LogP contribution in [0.2, 0.25) is 0 Å². The number of amides is 1. The van der Waals surface area contributed by atoms with Crippen LogP contribution in [-0.2, 0) is 7.05 Å². The molecule has 2 aromatic rings. The van der Waals surface area contributed by atoms with Crippen molar-refractivity contribution in [2.75, 3.05) is 26.7 Å². The lowest BCUT2D eigenvalue weighted by Gasteiger charge is -2.39. The first-order chi connectivity index (χ1) is 11.0. The molecule has 1 amide bonds. The molecule has 0 aromatic carbocycles. The summed E-state index contributed by atoms with van der Waals surface area (Å²) in [5.74, 6) is 1.65. The highest BCUT2D eigenvalue weighted by atomic mass is 16.2. The molecule has 0 spiro atoms. The Morgan fingerprint density at radius 3 is 2.65 bits per heavy atom. The Bertz CT molecular complexity index is 725. The van der Waals surface area contributed by atoms with Gasteiger partial charge in [0.2, 0.25) is 0 Å². The Hall–Kier alpha value is -2.28. The van der Waals surface area contributed by atoms with Gasteiger partial charge in [-0.2, -0.15) is 0 Å². The summed E-state index contributed by atoms with van der Waals surface area (Å²) in [5.41, 5.74) is 1.31. The Kier molecular flexibility index (Phi) is 4.12. The van der Waals surface area contributed by atoms with Gasteiger partial charge in [0, 0.05) is 45.3 Å². The average Bonchev–Trinajstić information content (AvgIpc) is 2.93. The summed E-state index contributed by atoms with van der Waals surface area (Å²) in [6.45, 7) is 5.81. The van der Waals surface area contributed by atoms with E-state index >= 15 is 0 Å². The van der Waals surface area contributed by atoms with Crippen molar-refractivity contribution in [2.24, 2.45) is 7.05 Å². The molecule has 3 heterocycles. The van der Waals surface area contributed by atoms with Gasteiger partial charge in [0.15, 0.2) is 0 Å². The molecule has 0 N–H and O–H groups in total. The van der Waals surface area contributed by atoms with Crippen LogP contribution in [0.4, 0.5) is 0 Å². The van der Waals surface area contributed by atoms with Gasteiger partial charge in [-0.05, 0) is 20.9 Å². The van der Waals surface area contributed by atoms with E-state index in [-0.39, 0.29) is 11.9 Å². The maximum atomic E-state index is 12.8. The molecule has 1 atom stereocenters. The van der Waals surface area contributed by atoms with Crippen LogP contribution in [0.5, 0.6) is 0 Å². The summed E-state index contributed by atoms with van der Waals surface area (Å²) in [6.07, 6.45) is 5.36. The van der Waals surface area contributed by atoms with Crippen molar-refractivity contribution < 1.29 is 4.79 Å². The number of aryl methyl sites for hydroxylation is 3. The van der Waals surface area contributed by atoms with E-state index in [0.29, 0.717) is 24.5 Å². The van der Waals surface area contributed by atoms with Crippen LogP contribution in [0.25, 0.3) is 0 Å². The SMILES string of the molecule is Cc1ncc(C(=O)N2CCN(C)[C@H](c3nccn3C)C2)c(C)n1. The van der Waals surface area contributed by atoms with Crippen molar-refractivity contribution in [3.63, 3.8) is 0 Å². The Labute approximate surface area is 136 Å². The fourth-order valence-electron chi connectivity index (χ4n) is 3.00. The summed E-state index contributed by atoms with van der Waals surface area (Å²) in [7, 11) is 4.05. The zero-order valence-electron chi connectivity index (χ0n) is 14.0. The zero-order valence-corrected chi connectivity index (χ0v) is 14.0. The van der Waals surface area contributed by atoms with E-state index in [0.717, 1.165) is 18.1 Å². The van der Waals surface area contributed by atoms with Crippen LogP contribution in [0.3, 0.4) is 0 Å². The van der Waals surface area contributed by atoms with Crippen LogP contribution in [0.1, 0.15) is 33.7 Å². The third kappa shape index (κ3) is 2.96. The number of hydrogen-bond donors (Lipinski definition) is 0. The van der Waals surface area contributed by atoms with E-state index in [1.807, 2.05) is 36.6 Å². The number of imidazole rings is 1. The van der Waals surface area contributed by atoms with Gasteiger partial charge in [-0.25, -0.2) is 15.0 Å². The monoisotopic (exact) mass is 314 g/mol. The van der Waals surface area contributed by atoms with Gasteiger partial charge in [-0.15, -0.1) is 0 Å². The number of piperazine rings is 1. The molecule has 1 fully saturated rings. The third-order valence-corrected chi connectivity index (χ3v) is 4.42. The molecule has 0 radical (unpaired) electrons. The largest absolute Gasteiger partial charge is 0.337 e. The number of likely N-dealkylation sites (N-methyl/N-ethyl adjacent to an activating group) is 1. The minimum Gasteiger partial charge on any atom is -0.337 e. The van der Waals surface area contributed by atoms with Crippen LogP contribution in [0, 0.1) is 13.8 Å². The number of rotatable bonds is 2. The zero-order chi connectivity index (χ0) is 16.6. The molecule has 0 aliphatic carbocycles. The highest BCUT2D eigenvalue weighted by molar-refractivity contribution is 5.95. The summed E-state index contributed by atoms with van der Waals surface area (Å²) >= 11 is 0. The number of hydrogen-bond acceptors (Lipinski definition) is 5. The maximum Gasteiger partial charge on any atom is 0.257 e. The molecule has 7 heteroatoms. The molecule has 0 unspecified atom stereocenters. The first-order valence-corrected chi connectivity index (χ1v) is 7.74. The van der Waals surface area contributed by atoms with Crippen molar-refractivity contribution in [1.82, 2.24) is 29.3 Å². The van der Waals surface area contributed by atoms with E-state index in [4.69, 9.17) is 0 Å². The molecule has 7 nitrogen and oxygen atoms in total. The second-order valence-electron chi connectivity index (χ2n) is 6.06. The predicted octanol–water partition coefficient (Wildman–Crippen LogP) is 0.956. The number of aromatic nitrogens is 4. The lowest BCUT2D eigenvalue weighted by atomic mass is 10.1. The van der Waals surface area contributed by atoms with Crippen LogP contribution in [0.15, 0.2) is 18.6 Å². The molecule has 1 saturated heterocycles. The Balaban J connectivity index is 1.83. The van der Waals surface area contributed by atoms with E-state index in [9.17, 15) is 4.79 Å². The van der Waals surface area contributed by atoms with E-state index < -0.39 is 0 Å². The first kappa shape index (κ1) is 15.6. The van der Waals surface area contributed by atoms with Gasteiger partial charge in [-0.1, -0.05) is 0 Å². The molecule has 2 aromatic heterocycles. The molecule has 23 heavy (non-hydrogen) atoms. The highest BCUT2D eigenvalue weighted by Crippen LogP contribution is 2.23. The van der Waals surface area contributed by atoms with E-state index in [1.54, 1.807) is 12.4 Å².